The summed E-state index contributed by atoms with van der Waals surface area (Å²) in [5, 5.41) is 3.26. The summed E-state index contributed by atoms with van der Waals surface area (Å²) in [4.78, 5) is 29.3. The lowest BCUT2D eigenvalue weighted by Gasteiger charge is -2.29. The van der Waals surface area contributed by atoms with Gasteiger partial charge < -0.3 is 19.7 Å². The maximum atomic E-state index is 12.5. The van der Waals surface area contributed by atoms with Crippen molar-refractivity contribution in [3.05, 3.63) is 52.5 Å². The number of morpholine rings is 1. The molecule has 2 aromatic rings. The third-order valence-electron chi connectivity index (χ3n) is 5.41. The summed E-state index contributed by atoms with van der Waals surface area (Å²) in [6, 6.07) is 10.9. The molecule has 164 valence electrons. The molecule has 2 saturated heterocycles. The van der Waals surface area contributed by atoms with E-state index in [1.54, 1.807) is 23.1 Å². The molecule has 0 spiro atoms. The summed E-state index contributed by atoms with van der Waals surface area (Å²) in [6.07, 6.45) is -0.864. The van der Waals surface area contributed by atoms with Crippen molar-refractivity contribution in [3.63, 3.8) is 0 Å². The first-order chi connectivity index (χ1) is 14.9. The predicted molar refractivity (Wildman–Crippen MR) is 123 cm³/mol. The van der Waals surface area contributed by atoms with Crippen molar-refractivity contribution >= 4 is 47.6 Å². The fourth-order valence-corrected chi connectivity index (χ4v) is 4.19. The molecule has 2 aliphatic heterocycles. The van der Waals surface area contributed by atoms with Gasteiger partial charge in [0.1, 0.15) is 6.10 Å². The molecule has 4 rings (SSSR count). The van der Waals surface area contributed by atoms with Crippen molar-refractivity contribution in [1.82, 2.24) is 5.32 Å². The molecule has 0 saturated carbocycles. The number of thiol groups is 1. The van der Waals surface area contributed by atoms with Crippen LogP contribution in [0.1, 0.15) is 15.9 Å². The van der Waals surface area contributed by atoms with Gasteiger partial charge in [0, 0.05) is 28.7 Å². The van der Waals surface area contributed by atoms with Crippen LogP contribution in [0.15, 0.2) is 41.3 Å². The van der Waals surface area contributed by atoms with Gasteiger partial charge >= 0.3 is 6.09 Å². The van der Waals surface area contributed by atoms with Crippen LogP contribution in [0.4, 0.5) is 16.2 Å². The molecule has 1 N–H and O–H groups in total. The number of cyclic esters (lactones) is 1. The Labute approximate surface area is 191 Å². The molecule has 7 nitrogen and oxygen atoms in total. The van der Waals surface area contributed by atoms with E-state index in [0.29, 0.717) is 22.0 Å². The average Bonchev–Trinajstić information content (AvgIpc) is 3.14. The van der Waals surface area contributed by atoms with E-state index < -0.39 is 12.2 Å². The summed E-state index contributed by atoms with van der Waals surface area (Å²) in [5.41, 5.74) is 3.30. The molecular weight excluding hydrogens is 438 g/mol. The van der Waals surface area contributed by atoms with E-state index in [1.807, 2.05) is 19.1 Å². The third-order valence-corrected chi connectivity index (χ3v) is 6.04. The number of hydrogen-bond acceptors (Lipinski definition) is 6. The molecule has 0 aliphatic carbocycles. The van der Waals surface area contributed by atoms with Crippen molar-refractivity contribution in [2.24, 2.45) is 0 Å². The number of nitrogens with one attached hydrogen (secondary N) is 1. The van der Waals surface area contributed by atoms with Gasteiger partial charge in [-0.2, -0.15) is 0 Å². The maximum Gasteiger partial charge on any atom is 0.414 e. The third kappa shape index (κ3) is 4.92. The highest BCUT2D eigenvalue weighted by atomic mass is 35.5. The predicted octanol–water partition coefficient (Wildman–Crippen LogP) is 3.53. The summed E-state index contributed by atoms with van der Waals surface area (Å²) in [7, 11) is 0. The molecule has 0 aromatic heterocycles. The van der Waals surface area contributed by atoms with Crippen molar-refractivity contribution in [1.29, 1.82) is 0 Å². The Morgan fingerprint density at radius 1 is 1.23 bits per heavy atom. The molecule has 0 unspecified atom stereocenters. The van der Waals surface area contributed by atoms with Gasteiger partial charge in [0.05, 0.1) is 37.6 Å². The number of amides is 2. The molecule has 2 fully saturated rings. The molecule has 1 atom stereocenters. The van der Waals surface area contributed by atoms with Crippen molar-refractivity contribution in [2.75, 3.05) is 49.2 Å². The Morgan fingerprint density at radius 3 is 2.74 bits per heavy atom. The van der Waals surface area contributed by atoms with Crippen molar-refractivity contribution in [3.8, 4) is 0 Å². The van der Waals surface area contributed by atoms with Crippen LogP contribution in [0, 0.1) is 6.92 Å². The standard InChI is InChI=1S/C22H24ClN3O4S/c1-14-10-16(25-6-8-29-9-7-25)3-4-19(14)26-13-17(30-22(26)28)12-24-21(27)18-11-15(23)2-5-20(18)31/h2-5,10-11,17,31H,6-9,12-13H2,1H3,(H,24,27)/t17-/m0/s1. The lowest BCUT2D eigenvalue weighted by Crippen LogP contribution is -2.36. The van der Waals surface area contributed by atoms with Crippen LogP contribution < -0.4 is 15.1 Å². The van der Waals surface area contributed by atoms with Crippen LogP contribution in [0.2, 0.25) is 5.02 Å². The summed E-state index contributed by atoms with van der Waals surface area (Å²) in [5.74, 6) is -0.312. The first-order valence-corrected chi connectivity index (χ1v) is 10.9. The van der Waals surface area contributed by atoms with Gasteiger partial charge in [0.2, 0.25) is 0 Å². The lowest BCUT2D eigenvalue weighted by molar-refractivity contribution is 0.0913. The van der Waals surface area contributed by atoms with Crippen LogP contribution >= 0.6 is 24.2 Å². The Bertz CT molecular complexity index is 997. The first kappa shape index (κ1) is 21.8. The monoisotopic (exact) mass is 461 g/mol. The molecule has 31 heavy (non-hydrogen) atoms. The zero-order valence-corrected chi connectivity index (χ0v) is 18.8. The number of benzene rings is 2. The van der Waals surface area contributed by atoms with E-state index >= 15 is 0 Å². The van der Waals surface area contributed by atoms with E-state index in [0.717, 1.165) is 43.2 Å². The van der Waals surface area contributed by atoms with Crippen LogP contribution in [0.25, 0.3) is 0 Å². The van der Waals surface area contributed by atoms with Gasteiger partial charge in [0.25, 0.3) is 5.91 Å². The minimum atomic E-state index is -0.447. The molecule has 2 heterocycles. The summed E-state index contributed by atoms with van der Waals surface area (Å²) < 4.78 is 10.9. The molecule has 2 aromatic carbocycles. The SMILES string of the molecule is Cc1cc(N2CCOCC2)ccc1N1C[C@H](CNC(=O)c2cc(Cl)ccc2S)OC1=O. The average molecular weight is 462 g/mol. The van der Waals surface area contributed by atoms with Gasteiger partial charge in [-0.05, 0) is 48.9 Å². The minimum absolute atomic E-state index is 0.200. The number of carbonyl (C=O) groups excluding carboxylic acids is 2. The fraction of sp³-hybridized carbons (Fsp3) is 0.364. The van der Waals surface area contributed by atoms with E-state index in [1.165, 1.54) is 0 Å². The zero-order valence-electron chi connectivity index (χ0n) is 17.1. The number of anilines is 2. The Kier molecular flexibility index (Phi) is 6.60. The highest BCUT2D eigenvalue weighted by molar-refractivity contribution is 7.80. The number of carbonyl (C=O) groups is 2. The quantitative estimate of drug-likeness (QED) is 0.666. The maximum absolute atomic E-state index is 12.5. The minimum Gasteiger partial charge on any atom is -0.442 e. The smallest absolute Gasteiger partial charge is 0.414 e. The highest BCUT2D eigenvalue weighted by Gasteiger charge is 2.33. The largest absolute Gasteiger partial charge is 0.442 e. The zero-order chi connectivity index (χ0) is 22.0. The highest BCUT2D eigenvalue weighted by Crippen LogP contribution is 2.29. The molecular formula is C22H24ClN3O4S. The van der Waals surface area contributed by atoms with Gasteiger partial charge in [0.15, 0.2) is 0 Å². The van der Waals surface area contributed by atoms with Crippen LogP contribution in [-0.2, 0) is 9.47 Å². The van der Waals surface area contributed by atoms with Gasteiger partial charge in [-0.3, -0.25) is 9.69 Å². The molecule has 2 amide bonds. The number of rotatable bonds is 5. The van der Waals surface area contributed by atoms with Gasteiger partial charge in [-0.25, -0.2) is 4.79 Å². The number of aryl methyl sites for hydroxylation is 1. The number of hydrogen-bond donors (Lipinski definition) is 2. The summed E-state index contributed by atoms with van der Waals surface area (Å²) >= 11 is 10.3. The van der Waals surface area contributed by atoms with E-state index in [4.69, 9.17) is 21.1 Å². The number of halogens is 1. The Morgan fingerprint density at radius 2 is 2.00 bits per heavy atom. The van der Waals surface area contributed by atoms with E-state index in [2.05, 4.69) is 28.9 Å². The van der Waals surface area contributed by atoms with E-state index in [9.17, 15) is 9.59 Å². The number of ether oxygens (including phenoxy) is 2. The Hall–Kier alpha value is -2.42. The molecule has 0 bridgehead atoms. The second-order valence-electron chi connectivity index (χ2n) is 7.56. The van der Waals surface area contributed by atoms with Gasteiger partial charge in [-0.1, -0.05) is 11.6 Å². The van der Waals surface area contributed by atoms with Crippen LogP contribution in [0.5, 0.6) is 0 Å². The van der Waals surface area contributed by atoms with Gasteiger partial charge in [-0.15, -0.1) is 12.6 Å². The lowest BCUT2D eigenvalue weighted by atomic mass is 10.1. The van der Waals surface area contributed by atoms with Crippen LogP contribution in [-0.4, -0.2) is 57.5 Å². The normalized spacial score (nSPS) is 18.8. The summed E-state index contributed by atoms with van der Waals surface area (Å²) in [6.45, 7) is 5.69. The van der Waals surface area contributed by atoms with Crippen molar-refractivity contribution in [2.45, 2.75) is 17.9 Å². The van der Waals surface area contributed by atoms with E-state index in [-0.39, 0.29) is 12.5 Å². The Balaban J connectivity index is 1.39. The second-order valence-corrected chi connectivity index (χ2v) is 8.48. The fourth-order valence-electron chi connectivity index (χ4n) is 3.78. The topological polar surface area (TPSA) is 71.1 Å². The van der Waals surface area contributed by atoms with Crippen molar-refractivity contribution < 1.29 is 19.1 Å². The molecule has 0 radical (unpaired) electrons. The number of nitrogens with zero attached hydrogens (tertiary/aromatic N) is 2. The second kappa shape index (κ2) is 9.38. The first-order valence-electron chi connectivity index (χ1n) is 10.1. The molecule has 9 heteroatoms. The van der Waals surface area contributed by atoms with Crippen LogP contribution in [0.3, 0.4) is 0 Å². The molecule has 2 aliphatic rings.